The van der Waals surface area contributed by atoms with Gasteiger partial charge in [-0.15, -0.1) is 0 Å². The van der Waals surface area contributed by atoms with Crippen molar-refractivity contribution in [3.05, 3.63) is 24.0 Å². The number of nitrogens with one attached hydrogen (secondary N) is 1. The minimum atomic E-state index is 0.402. The molecule has 18 heavy (non-hydrogen) atoms. The molecule has 1 unspecified atom stereocenters. The van der Waals surface area contributed by atoms with E-state index in [4.69, 9.17) is 0 Å². The largest absolute Gasteiger partial charge is 0.313 e. The molecular formula is C14H22N4. The normalized spacial score (nSPS) is 13.1. The summed E-state index contributed by atoms with van der Waals surface area (Å²) in [5, 5.41) is 8.96. The summed E-state index contributed by atoms with van der Waals surface area (Å²) >= 11 is 0. The zero-order valence-corrected chi connectivity index (χ0v) is 11.5. The van der Waals surface area contributed by atoms with E-state index in [1.165, 1.54) is 5.56 Å². The summed E-state index contributed by atoms with van der Waals surface area (Å²) in [6.07, 6.45) is 6.09. The summed E-state index contributed by atoms with van der Waals surface area (Å²) in [6.45, 7) is 8.44. The Kier molecular flexibility index (Phi) is 4.31. The second-order valence-electron chi connectivity index (χ2n) is 4.78. The maximum absolute atomic E-state index is 4.55. The summed E-state index contributed by atoms with van der Waals surface area (Å²) in [5.41, 5.74) is 2.21. The zero-order chi connectivity index (χ0) is 13.0. The first kappa shape index (κ1) is 13.0. The van der Waals surface area contributed by atoms with Gasteiger partial charge in [-0.05, 0) is 37.9 Å². The van der Waals surface area contributed by atoms with Crippen LogP contribution in [0.25, 0.3) is 11.0 Å². The number of fused-ring (bicyclic) bond motifs is 1. The minimum Gasteiger partial charge on any atom is -0.313 e. The van der Waals surface area contributed by atoms with Crippen molar-refractivity contribution in [2.24, 2.45) is 0 Å². The highest BCUT2D eigenvalue weighted by atomic mass is 15.3. The Morgan fingerprint density at radius 3 is 2.89 bits per heavy atom. The second-order valence-corrected chi connectivity index (χ2v) is 4.78. The monoisotopic (exact) mass is 246 g/mol. The summed E-state index contributed by atoms with van der Waals surface area (Å²) < 4.78 is 2.01. The molecule has 0 aliphatic heterocycles. The van der Waals surface area contributed by atoms with Crippen molar-refractivity contribution in [3.8, 4) is 0 Å². The van der Waals surface area contributed by atoms with E-state index in [1.54, 1.807) is 0 Å². The molecule has 2 heterocycles. The predicted octanol–water partition coefficient (Wildman–Crippen LogP) is 2.90. The molecule has 2 aromatic rings. The van der Waals surface area contributed by atoms with Crippen molar-refractivity contribution in [3.63, 3.8) is 0 Å². The summed E-state index contributed by atoms with van der Waals surface area (Å²) in [4.78, 5) is 4.55. The number of hydrogen-bond donors (Lipinski definition) is 1. The molecular weight excluding hydrogens is 224 g/mol. The first-order valence-electron chi connectivity index (χ1n) is 6.79. The Hall–Kier alpha value is -1.42. The fourth-order valence-corrected chi connectivity index (χ4v) is 1.99. The minimum absolute atomic E-state index is 0.402. The lowest BCUT2D eigenvalue weighted by molar-refractivity contribution is 0.489. The Balaban J connectivity index is 2.20. The molecule has 0 saturated carbocycles. The van der Waals surface area contributed by atoms with E-state index in [9.17, 15) is 0 Å². The second kappa shape index (κ2) is 5.96. The first-order chi connectivity index (χ1) is 8.76. The van der Waals surface area contributed by atoms with Gasteiger partial charge in [-0.3, -0.25) is 0 Å². The summed E-state index contributed by atoms with van der Waals surface area (Å²) in [6, 6.07) is 2.58. The number of hydrogen-bond acceptors (Lipinski definition) is 3. The van der Waals surface area contributed by atoms with Gasteiger partial charge >= 0.3 is 0 Å². The van der Waals surface area contributed by atoms with Crippen LogP contribution >= 0.6 is 0 Å². The SMILES string of the molecule is CCCNCc1cnc2c(cnn2C(C)CC)c1. The molecule has 2 rings (SSSR count). The van der Waals surface area contributed by atoms with Gasteiger partial charge in [0.25, 0.3) is 0 Å². The quantitative estimate of drug-likeness (QED) is 0.797. The van der Waals surface area contributed by atoms with Crippen molar-refractivity contribution in [1.29, 1.82) is 0 Å². The van der Waals surface area contributed by atoms with E-state index in [-0.39, 0.29) is 0 Å². The molecule has 0 saturated heterocycles. The van der Waals surface area contributed by atoms with Gasteiger partial charge in [0.2, 0.25) is 0 Å². The molecule has 4 heteroatoms. The van der Waals surface area contributed by atoms with E-state index in [0.717, 1.165) is 37.0 Å². The van der Waals surface area contributed by atoms with Gasteiger partial charge in [-0.1, -0.05) is 13.8 Å². The molecule has 0 aliphatic rings. The highest BCUT2D eigenvalue weighted by Gasteiger charge is 2.09. The fourth-order valence-electron chi connectivity index (χ4n) is 1.99. The average Bonchev–Trinajstić information content (AvgIpc) is 2.81. The molecule has 0 aromatic carbocycles. The third-order valence-electron chi connectivity index (χ3n) is 3.25. The third kappa shape index (κ3) is 2.70. The van der Waals surface area contributed by atoms with Gasteiger partial charge in [-0.2, -0.15) is 5.10 Å². The van der Waals surface area contributed by atoms with Crippen LogP contribution in [0.5, 0.6) is 0 Å². The molecule has 0 aliphatic carbocycles. The lowest BCUT2D eigenvalue weighted by Crippen LogP contribution is -2.14. The lowest BCUT2D eigenvalue weighted by atomic mass is 10.2. The highest BCUT2D eigenvalue weighted by molar-refractivity contribution is 5.75. The highest BCUT2D eigenvalue weighted by Crippen LogP contribution is 2.18. The van der Waals surface area contributed by atoms with Crippen molar-refractivity contribution in [2.75, 3.05) is 6.54 Å². The number of aromatic nitrogens is 3. The Bertz CT molecular complexity index is 503. The standard InChI is InChI=1S/C14H22N4/c1-4-6-15-8-12-7-13-10-17-18(11(3)5-2)14(13)16-9-12/h7,9-11,15H,4-6,8H2,1-3H3. The predicted molar refractivity (Wildman–Crippen MR) is 74.5 cm³/mol. The number of pyridine rings is 1. The molecule has 0 radical (unpaired) electrons. The van der Waals surface area contributed by atoms with E-state index in [1.807, 2.05) is 17.1 Å². The summed E-state index contributed by atoms with van der Waals surface area (Å²) in [5.74, 6) is 0. The first-order valence-corrected chi connectivity index (χ1v) is 6.79. The van der Waals surface area contributed by atoms with Crippen molar-refractivity contribution >= 4 is 11.0 Å². The van der Waals surface area contributed by atoms with Gasteiger partial charge in [0.15, 0.2) is 5.65 Å². The fraction of sp³-hybridized carbons (Fsp3) is 0.571. The maximum atomic E-state index is 4.55. The lowest BCUT2D eigenvalue weighted by Gasteiger charge is -2.10. The van der Waals surface area contributed by atoms with Crippen molar-refractivity contribution in [2.45, 2.75) is 46.2 Å². The van der Waals surface area contributed by atoms with Gasteiger partial charge in [0, 0.05) is 18.1 Å². The number of rotatable bonds is 6. The molecule has 0 bridgehead atoms. The van der Waals surface area contributed by atoms with Crippen LogP contribution in [0.2, 0.25) is 0 Å². The van der Waals surface area contributed by atoms with Crippen molar-refractivity contribution in [1.82, 2.24) is 20.1 Å². The summed E-state index contributed by atoms with van der Waals surface area (Å²) in [7, 11) is 0. The van der Waals surface area contributed by atoms with Gasteiger partial charge in [0.05, 0.1) is 12.2 Å². The topological polar surface area (TPSA) is 42.7 Å². The van der Waals surface area contributed by atoms with Crippen LogP contribution in [0.4, 0.5) is 0 Å². The van der Waals surface area contributed by atoms with Crippen LogP contribution in [0, 0.1) is 0 Å². The van der Waals surface area contributed by atoms with Crippen molar-refractivity contribution < 1.29 is 0 Å². The van der Waals surface area contributed by atoms with Crippen LogP contribution in [0.15, 0.2) is 18.5 Å². The van der Waals surface area contributed by atoms with E-state index >= 15 is 0 Å². The third-order valence-corrected chi connectivity index (χ3v) is 3.25. The molecule has 2 aromatic heterocycles. The van der Waals surface area contributed by atoms with Gasteiger partial charge in [0.1, 0.15) is 0 Å². The molecule has 0 fully saturated rings. The van der Waals surface area contributed by atoms with E-state index in [0.29, 0.717) is 6.04 Å². The molecule has 0 amide bonds. The number of nitrogens with zero attached hydrogens (tertiary/aromatic N) is 3. The van der Waals surface area contributed by atoms with Crippen LogP contribution in [0.1, 0.15) is 45.2 Å². The Labute approximate surface area is 108 Å². The Morgan fingerprint density at radius 2 is 2.17 bits per heavy atom. The smallest absolute Gasteiger partial charge is 0.157 e. The van der Waals surface area contributed by atoms with E-state index in [2.05, 4.69) is 42.2 Å². The zero-order valence-electron chi connectivity index (χ0n) is 11.5. The van der Waals surface area contributed by atoms with Gasteiger partial charge in [-0.25, -0.2) is 9.67 Å². The Morgan fingerprint density at radius 1 is 1.33 bits per heavy atom. The van der Waals surface area contributed by atoms with Crippen LogP contribution in [-0.4, -0.2) is 21.3 Å². The molecule has 0 spiro atoms. The molecule has 4 nitrogen and oxygen atoms in total. The van der Waals surface area contributed by atoms with Crippen LogP contribution in [0.3, 0.4) is 0 Å². The molecule has 1 N–H and O–H groups in total. The molecule has 98 valence electrons. The maximum Gasteiger partial charge on any atom is 0.157 e. The molecule has 1 atom stereocenters. The van der Waals surface area contributed by atoms with Gasteiger partial charge < -0.3 is 5.32 Å². The van der Waals surface area contributed by atoms with E-state index < -0.39 is 0 Å². The average molecular weight is 246 g/mol. The van der Waals surface area contributed by atoms with Crippen LogP contribution < -0.4 is 5.32 Å². The van der Waals surface area contributed by atoms with Crippen LogP contribution in [-0.2, 0) is 6.54 Å².